The van der Waals surface area contributed by atoms with Gasteiger partial charge in [-0.15, -0.1) is 0 Å². The predicted molar refractivity (Wildman–Crippen MR) is 91.6 cm³/mol. The van der Waals surface area contributed by atoms with Crippen molar-refractivity contribution >= 4 is 0 Å². The van der Waals surface area contributed by atoms with Gasteiger partial charge in [-0.2, -0.15) is 4.98 Å². The second-order valence-electron chi connectivity index (χ2n) is 6.29. The monoisotopic (exact) mass is 339 g/mol. The molecule has 0 spiro atoms. The van der Waals surface area contributed by atoms with Gasteiger partial charge in [0.15, 0.2) is 5.76 Å². The Kier molecular flexibility index (Phi) is 4.63. The molecule has 1 aliphatic rings. The first-order chi connectivity index (χ1) is 12.3. The first-order valence-corrected chi connectivity index (χ1v) is 8.64. The largest absolute Gasteiger partial charge is 0.461 e. The topological polar surface area (TPSA) is 75.5 Å². The molecule has 1 unspecified atom stereocenters. The lowest BCUT2D eigenvalue weighted by Crippen LogP contribution is -2.33. The number of nitrogens with zero attached hydrogens (tertiary/aromatic N) is 3. The Morgan fingerprint density at radius 1 is 1.20 bits per heavy atom. The second-order valence-corrected chi connectivity index (χ2v) is 6.29. The van der Waals surface area contributed by atoms with E-state index in [1.54, 1.807) is 18.4 Å². The van der Waals surface area contributed by atoms with Crippen LogP contribution in [0.4, 0.5) is 0 Å². The average Bonchev–Trinajstić information content (AvgIpc) is 3.32. The smallest absolute Gasteiger partial charge is 0.241 e. The highest BCUT2D eigenvalue weighted by Gasteiger charge is 2.27. The molecule has 0 bridgehead atoms. The predicted octanol–water partition coefficient (Wildman–Crippen LogP) is 3.20. The van der Waals surface area contributed by atoms with Gasteiger partial charge in [0.1, 0.15) is 0 Å². The van der Waals surface area contributed by atoms with E-state index >= 15 is 0 Å². The fourth-order valence-corrected chi connectivity index (χ4v) is 3.58. The fourth-order valence-electron chi connectivity index (χ4n) is 3.58. The molecule has 1 aliphatic carbocycles. The quantitative estimate of drug-likeness (QED) is 0.743. The van der Waals surface area contributed by atoms with E-state index in [2.05, 4.69) is 39.3 Å². The van der Waals surface area contributed by atoms with Crippen LogP contribution in [-0.2, 0) is 13.0 Å². The fraction of sp³-hybridized carbons (Fsp3) is 0.368. The molecule has 0 radical (unpaired) electrons. The summed E-state index contributed by atoms with van der Waals surface area (Å²) >= 11 is 0. The lowest BCUT2D eigenvalue weighted by atomic mass is 9.87. The van der Waals surface area contributed by atoms with Crippen molar-refractivity contribution < 1.29 is 14.0 Å². The number of aryl methyl sites for hydroxylation is 1. The molecule has 1 N–H and O–H groups in total. The lowest BCUT2D eigenvalue weighted by molar-refractivity contribution is 0.118. The Morgan fingerprint density at radius 3 is 2.96 bits per heavy atom. The molecule has 130 valence electrons. The standard InChI is InChI=1S/C19H21N3O3/c23-11-10-22(16-8-3-6-14-5-1-2-7-15(14)16)13-18-20-19(21-25-18)17-9-4-12-24-17/h1-2,4-5,7,9,12,16,23H,3,6,8,10-11,13H2. The van der Waals surface area contributed by atoms with Gasteiger partial charge in [0.05, 0.1) is 19.4 Å². The summed E-state index contributed by atoms with van der Waals surface area (Å²) in [4.78, 5) is 6.65. The first kappa shape index (κ1) is 16.1. The van der Waals surface area contributed by atoms with Crippen LogP contribution in [0.1, 0.15) is 35.9 Å². The Labute approximate surface area is 146 Å². The van der Waals surface area contributed by atoms with Crippen LogP contribution in [-0.4, -0.2) is 33.3 Å². The zero-order valence-electron chi connectivity index (χ0n) is 14.0. The summed E-state index contributed by atoms with van der Waals surface area (Å²) in [5, 5.41) is 13.5. The molecule has 4 rings (SSSR count). The van der Waals surface area contributed by atoms with Crippen molar-refractivity contribution in [3.63, 3.8) is 0 Å². The number of rotatable bonds is 6. The number of fused-ring (bicyclic) bond motifs is 1. The van der Waals surface area contributed by atoms with Gasteiger partial charge in [0.25, 0.3) is 0 Å². The van der Waals surface area contributed by atoms with Crippen LogP contribution < -0.4 is 0 Å². The molecule has 25 heavy (non-hydrogen) atoms. The summed E-state index contributed by atoms with van der Waals surface area (Å²) in [5.41, 5.74) is 2.73. The van der Waals surface area contributed by atoms with Gasteiger partial charge in [-0.1, -0.05) is 29.4 Å². The van der Waals surface area contributed by atoms with Gasteiger partial charge in [0.2, 0.25) is 11.7 Å². The molecule has 3 aromatic rings. The lowest BCUT2D eigenvalue weighted by Gasteiger charge is -2.34. The summed E-state index contributed by atoms with van der Waals surface area (Å²) in [7, 11) is 0. The minimum Gasteiger partial charge on any atom is -0.461 e. The van der Waals surface area contributed by atoms with Crippen molar-refractivity contribution in [1.29, 1.82) is 0 Å². The molecule has 0 saturated carbocycles. The number of aliphatic hydroxyl groups is 1. The number of aromatic nitrogens is 2. The zero-order chi connectivity index (χ0) is 17.1. The van der Waals surface area contributed by atoms with E-state index in [1.165, 1.54) is 11.1 Å². The number of benzene rings is 1. The van der Waals surface area contributed by atoms with Crippen molar-refractivity contribution in [1.82, 2.24) is 15.0 Å². The maximum Gasteiger partial charge on any atom is 0.241 e. The third kappa shape index (κ3) is 3.36. The molecular formula is C19H21N3O3. The van der Waals surface area contributed by atoms with Crippen LogP contribution in [0.2, 0.25) is 0 Å². The molecule has 6 heteroatoms. The van der Waals surface area contributed by atoms with E-state index in [1.807, 2.05) is 0 Å². The maximum atomic E-state index is 9.53. The SMILES string of the molecule is OCCN(Cc1nc(-c2ccco2)no1)C1CCCc2ccccc21. The van der Waals surface area contributed by atoms with E-state index in [9.17, 15) is 5.11 Å². The van der Waals surface area contributed by atoms with Crippen LogP contribution in [0.15, 0.2) is 51.6 Å². The molecule has 0 amide bonds. The van der Waals surface area contributed by atoms with E-state index in [-0.39, 0.29) is 12.6 Å². The minimum atomic E-state index is 0.0951. The second kappa shape index (κ2) is 7.21. The Bertz CT molecular complexity index is 813. The van der Waals surface area contributed by atoms with Gasteiger partial charge >= 0.3 is 0 Å². The highest BCUT2D eigenvalue weighted by molar-refractivity contribution is 5.44. The summed E-state index contributed by atoms with van der Waals surface area (Å²) in [5.74, 6) is 1.57. The average molecular weight is 339 g/mol. The highest BCUT2D eigenvalue weighted by atomic mass is 16.5. The third-order valence-electron chi connectivity index (χ3n) is 4.71. The summed E-state index contributed by atoms with van der Waals surface area (Å²) < 4.78 is 10.7. The van der Waals surface area contributed by atoms with Crippen molar-refractivity contribution in [2.45, 2.75) is 31.8 Å². The van der Waals surface area contributed by atoms with Crippen molar-refractivity contribution in [3.8, 4) is 11.6 Å². The molecule has 2 heterocycles. The van der Waals surface area contributed by atoms with E-state index in [0.29, 0.717) is 30.6 Å². The van der Waals surface area contributed by atoms with Gasteiger partial charge < -0.3 is 14.0 Å². The van der Waals surface area contributed by atoms with Gasteiger partial charge in [-0.3, -0.25) is 4.90 Å². The molecule has 2 aromatic heterocycles. The van der Waals surface area contributed by atoms with Crippen LogP contribution in [0.25, 0.3) is 11.6 Å². The molecule has 0 saturated heterocycles. The van der Waals surface area contributed by atoms with E-state index in [4.69, 9.17) is 8.94 Å². The van der Waals surface area contributed by atoms with Crippen molar-refractivity contribution in [2.75, 3.05) is 13.2 Å². The summed E-state index contributed by atoms with van der Waals surface area (Å²) in [6, 6.07) is 12.4. The van der Waals surface area contributed by atoms with Gasteiger partial charge in [-0.05, 0) is 42.5 Å². The van der Waals surface area contributed by atoms with E-state index < -0.39 is 0 Å². The zero-order valence-corrected chi connectivity index (χ0v) is 14.0. The molecule has 6 nitrogen and oxygen atoms in total. The van der Waals surface area contributed by atoms with Crippen molar-refractivity contribution in [2.24, 2.45) is 0 Å². The van der Waals surface area contributed by atoms with Crippen LogP contribution in [0, 0.1) is 0 Å². The highest BCUT2D eigenvalue weighted by Crippen LogP contribution is 2.34. The Hall–Kier alpha value is -2.44. The summed E-state index contributed by atoms with van der Waals surface area (Å²) in [6.45, 7) is 1.17. The molecule has 0 fully saturated rings. The Morgan fingerprint density at radius 2 is 2.12 bits per heavy atom. The number of hydrogen-bond donors (Lipinski definition) is 1. The molecule has 1 atom stereocenters. The molecule has 1 aromatic carbocycles. The van der Waals surface area contributed by atoms with Gasteiger partial charge in [-0.25, -0.2) is 0 Å². The Balaban J connectivity index is 1.56. The van der Waals surface area contributed by atoms with Crippen LogP contribution in [0.5, 0.6) is 0 Å². The van der Waals surface area contributed by atoms with Crippen LogP contribution >= 0.6 is 0 Å². The third-order valence-corrected chi connectivity index (χ3v) is 4.71. The molecule has 0 aliphatic heterocycles. The van der Waals surface area contributed by atoms with Crippen LogP contribution in [0.3, 0.4) is 0 Å². The summed E-state index contributed by atoms with van der Waals surface area (Å²) in [6.07, 6.45) is 4.91. The maximum absolute atomic E-state index is 9.53. The number of aliphatic hydroxyl groups excluding tert-OH is 1. The number of furan rings is 1. The van der Waals surface area contributed by atoms with E-state index in [0.717, 1.165) is 19.3 Å². The molecular weight excluding hydrogens is 318 g/mol. The van der Waals surface area contributed by atoms with Crippen molar-refractivity contribution in [3.05, 3.63) is 59.7 Å². The number of hydrogen-bond acceptors (Lipinski definition) is 6. The normalized spacial score (nSPS) is 17.0. The minimum absolute atomic E-state index is 0.0951. The first-order valence-electron chi connectivity index (χ1n) is 8.64. The van der Waals surface area contributed by atoms with Gasteiger partial charge in [0, 0.05) is 12.6 Å².